The number of nitrogens with two attached hydrogens (primary N) is 1. The third-order valence-corrected chi connectivity index (χ3v) is 2.70. The first kappa shape index (κ1) is 10.1. The fourth-order valence-electron chi connectivity index (χ4n) is 1.49. The van der Waals surface area contributed by atoms with Crippen LogP contribution in [0.15, 0.2) is 16.5 Å². The Morgan fingerprint density at radius 3 is 2.73 bits per heavy atom. The van der Waals surface area contributed by atoms with Crippen LogP contribution in [0.5, 0.6) is 0 Å². The molecule has 0 atom stereocenters. The molecule has 1 heterocycles. The molecule has 0 aliphatic heterocycles. The third-order valence-electron chi connectivity index (χ3n) is 2.42. The number of benzene rings is 1. The van der Waals surface area contributed by atoms with Crippen LogP contribution in [-0.4, -0.2) is 5.78 Å². The molecule has 0 bridgehead atoms. The maximum Gasteiger partial charge on any atom is 0.194 e. The van der Waals surface area contributed by atoms with Gasteiger partial charge in [0.05, 0.1) is 5.02 Å². The normalized spacial score (nSPS) is 10.9. The van der Waals surface area contributed by atoms with E-state index in [1.165, 1.54) is 6.92 Å². The molecule has 15 heavy (non-hydrogen) atoms. The second-order valence-electron chi connectivity index (χ2n) is 3.48. The molecule has 0 aliphatic rings. The first-order valence-electron chi connectivity index (χ1n) is 4.49. The summed E-state index contributed by atoms with van der Waals surface area (Å²) in [6.07, 6.45) is 0. The van der Waals surface area contributed by atoms with E-state index in [0.29, 0.717) is 22.1 Å². The highest BCUT2D eigenvalue weighted by Crippen LogP contribution is 2.33. The van der Waals surface area contributed by atoms with E-state index in [-0.39, 0.29) is 5.78 Å². The summed E-state index contributed by atoms with van der Waals surface area (Å²) in [6, 6.07) is 3.31. The number of anilines is 1. The largest absolute Gasteiger partial charge is 0.451 e. The molecular weight excluding hydrogens is 214 g/mol. The third kappa shape index (κ3) is 1.49. The maximum atomic E-state index is 11.2. The summed E-state index contributed by atoms with van der Waals surface area (Å²) in [6.45, 7) is 3.32. The van der Waals surface area contributed by atoms with Gasteiger partial charge < -0.3 is 10.2 Å². The molecule has 2 N–H and O–H groups in total. The van der Waals surface area contributed by atoms with Gasteiger partial charge in [-0.05, 0) is 24.6 Å². The highest BCUT2D eigenvalue weighted by Gasteiger charge is 2.14. The molecule has 1 aromatic heterocycles. The van der Waals surface area contributed by atoms with Crippen molar-refractivity contribution < 1.29 is 9.21 Å². The van der Waals surface area contributed by atoms with E-state index < -0.39 is 0 Å². The number of ketones is 1. The Bertz CT molecular complexity index is 557. The molecule has 0 amide bonds. The van der Waals surface area contributed by atoms with Crippen LogP contribution in [0.1, 0.15) is 23.0 Å². The number of nitrogen functional groups attached to an aromatic ring is 1. The van der Waals surface area contributed by atoms with Crippen molar-refractivity contribution >= 4 is 34.0 Å². The van der Waals surface area contributed by atoms with E-state index in [0.717, 1.165) is 10.9 Å². The molecule has 3 nitrogen and oxygen atoms in total. The lowest BCUT2D eigenvalue weighted by Gasteiger charge is -2.01. The summed E-state index contributed by atoms with van der Waals surface area (Å²) in [7, 11) is 0. The molecule has 0 radical (unpaired) electrons. The predicted octanol–water partition coefficient (Wildman–Crippen LogP) is 3.18. The van der Waals surface area contributed by atoms with E-state index in [9.17, 15) is 4.79 Å². The molecule has 0 aliphatic carbocycles. The van der Waals surface area contributed by atoms with Gasteiger partial charge in [-0.15, -0.1) is 0 Å². The molecule has 2 aromatic rings. The van der Waals surface area contributed by atoms with Crippen molar-refractivity contribution in [3.63, 3.8) is 0 Å². The highest BCUT2D eigenvalue weighted by molar-refractivity contribution is 6.35. The van der Waals surface area contributed by atoms with E-state index in [4.69, 9.17) is 21.8 Å². The van der Waals surface area contributed by atoms with Gasteiger partial charge in [0.2, 0.25) is 0 Å². The smallest absolute Gasteiger partial charge is 0.194 e. The molecule has 0 saturated carbocycles. The number of rotatable bonds is 1. The average Bonchev–Trinajstić information content (AvgIpc) is 2.59. The van der Waals surface area contributed by atoms with E-state index >= 15 is 0 Å². The molecule has 1 aromatic carbocycles. The second-order valence-corrected chi connectivity index (χ2v) is 3.89. The van der Waals surface area contributed by atoms with Crippen molar-refractivity contribution in [3.8, 4) is 0 Å². The Balaban J connectivity index is 2.85. The molecular formula is C11H10ClNO2. The molecule has 0 unspecified atom stereocenters. The zero-order valence-corrected chi connectivity index (χ0v) is 9.18. The van der Waals surface area contributed by atoms with Gasteiger partial charge in [-0.1, -0.05) is 11.6 Å². The van der Waals surface area contributed by atoms with Crippen LogP contribution in [0.3, 0.4) is 0 Å². The molecule has 0 saturated heterocycles. The van der Waals surface area contributed by atoms with Gasteiger partial charge in [-0.2, -0.15) is 0 Å². The monoisotopic (exact) mass is 223 g/mol. The predicted molar refractivity (Wildman–Crippen MR) is 60.4 cm³/mol. The van der Waals surface area contributed by atoms with E-state index in [2.05, 4.69) is 0 Å². The van der Waals surface area contributed by atoms with E-state index in [1.54, 1.807) is 12.1 Å². The Morgan fingerprint density at radius 1 is 1.47 bits per heavy atom. The quantitative estimate of drug-likeness (QED) is 0.597. The van der Waals surface area contributed by atoms with Crippen LogP contribution in [0.25, 0.3) is 11.0 Å². The minimum atomic E-state index is -0.125. The van der Waals surface area contributed by atoms with Gasteiger partial charge >= 0.3 is 0 Å². The van der Waals surface area contributed by atoms with Crippen LogP contribution < -0.4 is 5.73 Å². The number of hydrogen-bond donors (Lipinski definition) is 1. The summed E-state index contributed by atoms with van der Waals surface area (Å²) in [5.74, 6) is 0.181. The lowest BCUT2D eigenvalue weighted by Crippen LogP contribution is -1.89. The molecule has 0 spiro atoms. The Labute approximate surface area is 91.8 Å². The standard InChI is InChI=1S/C11H10ClNO2/c1-5-7-3-10(6(2)14)15-11(7)8(12)4-9(5)13/h3-4H,13H2,1-2H3. The molecule has 2 rings (SSSR count). The number of hydrogen-bond acceptors (Lipinski definition) is 3. The Kier molecular flexibility index (Phi) is 2.20. The number of halogens is 1. The van der Waals surface area contributed by atoms with Crippen LogP contribution in [0.4, 0.5) is 5.69 Å². The van der Waals surface area contributed by atoms with Gasteiger partial charge in [-0.25, -0.2) is 0 Å². The first-order valence-corrected chi connectivity index (χ1v) is 4.87. The summed E-state index contributed by atoms with van der Waals surface area (Å²) in [5.41, 5.74) is 7.76. The van der Waals surface area contributed by atoms with Crippen LogP contribution in [0, 0.1) is 6.92 Å². The second kappa shape index (κ2) is 3.28. The van der Waals surface area contributed by atoms with Gasteiger partial charge in [0.25, 0.3) is 0 Å². The fraction of sp³-hybridized carbons (Fsp3) is 0.182. The number of Topliss-reactive ketones (excluding diaryl/α,β-unsaturated/α-hetero) is 1. The van der Waals surface area contributed by atoms with Gasteiger partial charge in [0.15, 0.2) is 17.1 Å². The SMILES string of the molecule is CC(=O)c1cc2c(C)c(N)cc(Cl)c2o1. The molecule has 78 valence electrons. The number of fused-ring (bicyclic) bond motifs is 1. The van der Waals surface area contributed by atoms with Crippen LogP contribution in [0.2, 0.25) is 5.02 Å². The minimum absolute atomic E-state index is 0.125. The zero-order valence-electron chi connectivity index (χ0n) is 8.43. The van der Waals surface area contributed by atoms with Crippen molar-refractivity contribution in [1.82, 2.24) is 0 Å². The summed E-state index contributed by atoms with van der Waals surface area (Å²) >= 11 is 5.97. The summed E-state index contributed by atoms with van der Waals surface area (Å²) in [4.78, 5) is 11.2. The molecule has 4 heteroatoms. The summed E-state index contributed by atoms with van der Waals surface area (Å²) in [5, 5.41) is 1.23. The Hall–Kier alpha value is -1.48. The van der Waals surface area contributed by atoms with Crippen molar-refractivity contribution in [3.05, 3.63) is 28.5 Å². The Morgan fingerprint density at radius 2 is 2.13 bits per heavy atom. The van der Waals surface area contributed by atoms with Crippen molar-refractivity contribution in [2.45, 2.75) is 13.8 Å². The number of furan rings is 1. The van der Waals surface area contributed by atoms with Crippen molar-refractivity contribution in [2.75, 3.05) is 5.73 Å². The topological polar surface area (TPSA) is 56.2 Å². The fourth-order valence-corrected chi connectivity index (χ4v) is 1.74. The number of aryl methyl sites for hydroxylation is 1. The van der Waals surface area contributed by atoms with Crippen LogP contribution in [-0.2, 0) is 0 Å². The van der Waals surface area contributed by atoms with Gasteiger partial charge in [0.1, 0.15) is 0 Å². The molecule has 0 fully saturated rings. The minimum Gasteiger partial charge on any atom is -0.451 e. The number of carbonyl (C=O) groups excluding carboxylic acids is 1. The van der Waals surface area contributed by atoms with Crippen molar-refractivity contribution in [2.24, 2.45) is 0 Å². The van der Waals surface area contributed by atoms with Crippen LogP contribution >= 0.6 is 11.6 Å². The van der Waals surface area contributed by atoms with E-state index in [1.807, 2.05) is 6.92 Å². The zero-order chi connectivity index (χ0) is 11.2. The lowest BCUT2D eigenvalue weighted by molar-refractivity contribution is 0.0989. The first-order chi connectivity index (χ1) is 7.00. The van der Waals surface area contributed by atoms with Gasteiger partial charge in [-0.3, -0.25) is 4.79 Å². The summed E-state index contributed by atoms with van der Waals surface area (Å²) < 4.78 is 5.36. The van der Waals surface area contributed by atoms with Crippen molar-refractivity contribution in [1.29, 1.82) is 0 Å². The lowest BCUT2D eigenvalue weighted by atomic mass is 10.1. The highest BCUT2D eigenvalue weighted by atomic mass is 35.5. The maximum absolute atomic E-state index is 11.2. The number of carbonyl (C=O) groups is 1. The van der Waals surface area contributed by atoms with Gasteiger partial charge in [0, 0.05) is 18.0 Å². The average molecular weight is 224 g/mol.